The second kappa shape index (κ2) is 3.92. The van der Waals surface area contributed by atoms with E-state index in [2.05, 4.69) is 0 Å². The highest BCUT2D eigenvalue weighted by Gasteiger charge is 2.35. The maximum absolute atomic E-state index is 11.3. The minimum absolute atomic E-state index is 0.168. The Balaban J connectivity index is 2.40. The largest absolute Gasteiger partial charge is 0.389 e. The Bertz CT molecular complexity index is 174. The van der Waals surface area contributed by atoms with Gasteiger partial charge in [-0.25, -0.2) is 4.57 Å². The number of rotatable bonds is 3. The summed E-state index contributed by atoms with van der Waals surface area (Å²) in [5, 5.41) is 0. The van der Waals surface area contributed by atoms with E-state index >= 15 is 0 Å². The zero-order chi connectivity index (χ0) is 8.32. The molecule has 2 atom stereocenters. The van der Waals surface area contributed by atoms with Crippen LogP contribution >= 0.6 is 18.2 Å². The molecule has 1 fully saturated rings. The predicted molar refractivity (Wildman–Crippen MR) is 43.8 cm³/mol. The summed E-state index contributed by atoms with van der Waals surface area (Å²) in [5.41, 5.74) is 0. The lowest BCUT2D eigenvalue weighted by molar-refractivity contribution is 0.0953. The highest BCUT2D eigenvalue weighted by Crippen LogP contribution is 2.63. The first kappa shape index (κ1) is 9.55. The van der Waals surface area contributed by atoms with E-state index in [4.69, 9.17) is 13.8 Å². The van der Waals surface area contributed by atoms with Crippen molar-refractivity contribution in [2.24, 2.45) is 0 Å². The fourth-order valence-electron chi connectivity index (χ4n) is 0.778. The van der Waals surface area contributed by atoms with Crippen LogP contribution in [0.15, 0.2) is 0 Å². The summed E-state index contributed by atoms with van der Waals surface area (Å²) in [5.74, 6) is 0. The standard InChI is InChI=1S/C5H11O4PS/c1-7-3-5-4-8-10(6,9-5)11-2/h5H,3-4H2,1-2H3. The van der Waals surface area contributed by atoms with Crippen LogP contribution < -0.4 is 0 Å². The van der Waals surface area contributed by atoms with Gasteiger partial charge in [0, 0.05) is 7.11 Å². The van der Waals surface area contributed by atoms with Gasteiger partial charge in [-0.15, -0.1) is 0 Å². The Kier molecular flexibility index (Phi) is 3.40. The van der Waals surface area contributed by atoms with Crippen LogP contribution in [0.2, 0.25) is 0 Å². The molecular formula is C5H11O4PS. The van der Waals surface area contributed by atoms with Gasteiger partial charge >= 0.3 is 6.80 Å². The third-order valence-corrected chi connectivity index (χ3v) is 4.66. The first-order chi connectivity index (χ1) is 5.20. The summed E-state index contributed by atoms with van der Waals surface area (Å²) >= 11 is 1.12. The van der Waals surface area contributed by atoms with Gasteiger partial charge in [-0.1, -0.05) is 0 Å². The van der Waals surface area contributed by atoms with Crippen molar-refractivity contribution in [1.82, 2.24) is 0 Å². The summed E-state index contributed by atoms with van der Waals surface area (Å²) in [6.45, 7) is -2.00. The van der Waals surface area contributed by atoms with Crippen LogP contribution in [-0.4, -0.2) is 32.7 Å². The SMILES string of the molecule is COCC1COP(=O)(SC)O1. The lowest BCUT2D eigenvalue weighted by atomic mass is 10.4. The second-order valence-corrected chi connectivity index (χ2v) is 6.27. The molecule has 4 nitrogen and oxygen atoms in total. The second-order valence-electron chi connectivity index (χ2n) is 2.11. The lowest BCUT2D eigenvalue weighted by Crippen LogP contribution is -2.15. The summed E-state index contributed by atoms with van der Waals surface area (Å²) in [7, 11) is 1.58. The molecule has 0 spiro atoms. The molecule has 1 rings (SSSR count). The van der Waals surface area contributed by atoms with Crippen molar-refractivity contribution < 1.29 is 18.3 Å². The molecule has 2 unspecified atom stereocenters. The van der Waals surface area contributed by atoms with Crippen molar-refractivity contribution in [2.45, 2.75) is 6.10 Å². The monoisotopic (exact) mass is 198 g/mol. The topological polar surface area (TPSA) is 44.8 Å². The Labute approximate surface area is 69.9 Å². The van der Waals surface area contributed by atoms with E-state index in [0.29, 0.717) is 13.2 Å². The third kappa shape index (κ3) is 2.46. The van der Waals surface area contributed by atoms with Gasteiger partial charge in [-0.2, -0.15) is 0 Å². The molecule has 0 aromatic carbocycles. The number of ether oxygens (including phenoxy) is 1. The van der Waals surface area contributed by atoms with E-state index < -0.39 is 6.80 Å². The minimum atomic E-state index is -2.80. The molecule has 0 aliphatic carbocycles. The molecule has 0 aromatic heterocycles. The molecule has 11 heavy (non-hydrogen) atoms. The van der Waals surface area contributed by atoms with Gasteiger partial charge in [0.25, 0.3) is 0 Å². The Morgan fingerprint density at radius 2 is 2.55 bits per heavy atom. The molecular weight excluding hydrogens is 187 g/mol. The maximum atomic E-state index is 11.3. The summed E-state index contributed by atoms with van der Waals surface area (Å²) in [4.78, 5) is 0. The van der Waals surface area contributed by atoms with E-state index in [9.17, 15) is 4.57 Å². The Hall–Kier alpha value is 0.460. The smallest absolute Gasteiger partial charge is 0.382 e. The molecule has 1 aliphatic rings. The van der Waals surface area contributed by atoms with E-state index in [1.165, 1.54) is 0 Å². The van der Waals surface area contributed by atoms with Crippen LogP contribution in [0.1, 0.15) is 0 Å². The van der Waals surface area contributed by atoms with Gasteiger partial charge in [0.15, 0.2) is 0 Å². The highest BCUT2D eigenvalue weighted by molar-refractivity contribution is 8.54. The van der Waals surface area contributed by atoms with Gasteiger partial charge < -0.3 is 4.74 Å². The van der Waals surface area contributed by atoms with E-state index in [-0.39, 0.29) is 6.10 Å². The molecule has 66 valence electrons. The molecule has 0 bridgehead atoms. The number of methoxy groups -OCH3 is 1. The quantitative estimate of drug-likeness (QED) is 0.643. The fraction of sp³-hybridized carbons (Fsp3) is 1.00. The molecule has 0 aromatic rings. The van der Waals surface area contributed by atoms with Crippen LogP contribution in [0.3, 0.4) is 0 Å². The van der Waals surface area contributed by atoms with Crippen molar-refractivity contribution in [3.8, 4) is 0 Å². The molecule has 1 heterocycles. The summed E-state index contributed by atoms with van der Waals surface area (Å²) < 4.78 is 26.2. The molecule has 6 heteroatoms. The fourth-order valence-corrected chi connectivity index (χ4v) is 2.99. The molecule has 0 radical (unpaired) electrons. The third-order valence-electron chi connectivity index (χ3n) is 1.27. The van der Waals surface area contributed by atoms with Crippen molar-refractivity contribution in [3.05, 3.63) is 0 Å². The van der Waals surface area contributed by atoms with Crippen molar-refractivity contribution in [3.63, 3.8) is 0 Å². The lowest BCUT2D eigenvalue weighted by Gasteiger charge is -2.06. The van der Waals surface area contributed by atoms with Gasteiger partial charge in [0.05, 0.1) is 13.2 Å². The number of hydrogen-bond donors (Lipinski definition) is 0. The Morgan fingerprint density at radius 3 is 3.00 bits per heavy atom. The molecule has 1 aliphatic heterocycles. The van der Waals surface area contributed by atoms with Crippen LogP contribution in [0.4, 0.5) is 0 Å². The van der Waals surface area contributed by atoms with Crippen molar-refractivity contribution in [1.29, 1.82) is 0 Å². The molecule has 0 amide bonds. The normalized spacial score (nSPS) is 37.8. The Morgan fingerprint density at radius 1 is 1.82 bits per heavy atom. The van der Waals surface area contributed by atoms with Crippen LogP contribution in [0.5, 0.6) is 0 Å². The molecule has 0 N–H and O–H groups in total. The molecule has 1 saturated heterocycles. The van der Waals surface area contributed by atoms with Crippen molar-refractivity contribution >= 4 is 18.2 Å². The van der Waals surface area contributed by atoms with Gasteiger partial charge in [0.2, 0.25) is 0 Å². The average molecular weight is 198 g/mol. The van der Waals surface area contributed by atoms with Gasteiger partial charge in [0.1, 0.15) is 6.10 Å². The van der Waals surface area contributed by atoms with Crippen LogP contribution in [-0.2, 0) is 18.3 Å². The van der Waals surface area contributed by atoms with Crippen molar-refractivity contribution in [2.75, 3.05) is 26.6 Å². The first-order valence-corrected chi connectivity index (χ1v) is 6.55. The zero-order valence-corrected chi connectivity index (χ0v) is 8.19. The molecule has 0 saturated carbocycles. The number of hydrogen-bond acceptors (Lipinski definition) is 5. The summed E-state index contributed by atoms with van der Waals surface area (Å²) in [6.07, 6.45) is 1.54. The summed E-state index contributed by atoms with van der Waals surface area (Å²) in [6, 6.07) is 0. The van der Waals surface area contributed by atoms with E-state index in [1.54, 1.807) is 13.4 Å². The zero-order valence-electron chi connectivity index (χ0n) is 6.48. The van der Waals surface area contributed by atoms with E-state index in [1.807, 2.05) is 0 Å². The minimum Gasteiger partial charge on any atom is -0.382 e. The first-order valence-electron chi connectivity index (χ1n) is 3.18. The van der Waals surface area contributed by atoms with E-state index in [0.717, 1.165) is 11.4 Å². The van der Waals surface area contributed by atoms with Gasteiger partial charge in [-0.3, -0.25) is 9.05 Å². The van der Waals surface area contributed by atoms with Gasteiger partial charge in [-0.05, 0) is 17.6 Å². The van der Waals surface area contributed by atoms with Crippen LogP contribution in [0.25, 0.3) is 0 Å². The maximum Gasteiger partial charge on any atom is 0.389 e. The average Bonchev–Trinajstić information content (AvgIpc) is 2.35. The van der Waals surface area contributed by atoms with Crippen LogP contribution in [0, 0.1) is 0 Å². The highest BCUT2D eigenvalue weighted by atomic mass is 32.7. The predicted octanol–water partition coefficient (Wildman–Crippen LogP) is 1.52.